The number of pyridine rings is 1. The molecule has 3 nitrogen and oxygen atoms in total. The number of aromatic nitrogens is 2. The van der Waals surface area contributed by atoms with Crippen LogP contribution >= 0.6 is 32.9 Å². The first-order valence-electron chi connectivity index (χ1n) is 5.31. The number of aryl methyl sites for hydroxylation is 1. The molecule has 3 aromatic rings. The van der Waals surface area contributed by atoms with Crippen LogP contribution in [0.15, 0.2) is 28.9 Å². The number of rotatable bonds is 1. The second kappa shape index (κ2) is 4.90. The molecule has 3 rings (SSSR count). The summed E-state index contributed by atoms with van der Waals surface area (Å²) in [4.78, 5) is 7.68. The van der Waals surface area contributed by atoms with Crippen molar-refractivity contribution in [2.24, 2.45) is 0 Å². The van der Waals surface area contributed by atoms with Crippen LogP contribution in [-0.4, -0.2) is 17.1 Å². The molecule has 0 saturated heterocycles. The summed E-state index contributed by atoms with van der Waals surface area (Å²) in [6, 6.07) is 6.10. The Bertz CT molecular complexity index is 722. The molecule has 0 aliphatic carbocycles. The van der Waals surface area contributed by atoms with Gasteiger partial charge in [0.05, 0.1) is 28.3 Å². The number of nitrogens with one attached hydrogen (secondary N) is 1. The first kappa shape index (κ1) is 13.4. The number of nitrogens with zero attached hydrogens (tertiary/aromatic N) is 1. The maximum Gasteiger partial charge on any atom is 0.135 e. The number of H-pyrrole nitrogens is 1. The molecular formula is C13H12Br2N2O. The summed E-state index contributed by atoms with van der Waals surface area (Å²) in [7, 11) is 1.67. The minimum Gasteiger partial charge on any atom is -0.495 e. The molecule has 0 saturated carbocycles. The Kier molecular flexibility index (Phi) is 3.64. The van der Waals surface area contributed by atoms with Crippen molar-refractivity contribution in [2.45, 2.75) is 6.92 Å². The van der Waals surface area contributed by atoms with Crippen LogP contribution in [-0.2, 0) is 0 Å². The molecule has 94 valence electrons. The Labute approximate surface area is 123 Å². The summed E-state index contributed by atoms with van der Waals surface area (Å²) in [5.74, 6) is 0.828. The van der Waals surface area contributed by atoms with E-state index >= 15 is 0 Å². The minimum atomic E-state index is 0. The van der Waals surface area contributed by atoms with Crippen molar-refractivity contribution in [3.05, 3.63) is 34.6 Å². The smallest absolute Gasteiger partial charge is 0.135 e. The van der Waals surface area contributed by atoms with E-state index in [0.29, 0.717) is 0 Å². The number of hydrogen-bond acceptors (Lipinski definition) is 2. The maximum absolute atomic E-state index is 5.30. The molecule has 0 unspecified atom stereocenters. The quantitative estimate of drug-likeness (QED) is 0.689. The second-order valence-corrected chi connectivity index (χ2v) is 4.83. The van der Waals surface area contributed by atoms with Gasteiger partial charge in [-0.2, -0.15) is 0 Å². The lowest BCUT2D eigenvalue weighted by atomic mass is 10.1. The average Bonchev–Trinajstić information content (AvgIpc) is 2.68. The van der Waals surface area contributed by atoms with Gasteiger partial charge in [0, 0.05) is 23.0 Å². The molecule has 0 bridgehead atoms. The summed E-state index contributed by atoms with van der Waals surface area (Å²) in [6.07, 6.45) is 1.84. The van der Waals surface area contributed by atoms with Crippen LogP contribution < -0.4 is 4.74 Å². The Morgan fingerprint density at radius 3 is 2.78 bits per heavy atom. The Hall–Kier alpha value is -1.07. The standard InChI is InChI=1S/C13H11BrN2O.BrH/c1-7-13-8(3-4-15-7)9-5-10(14)12(17-2)6-11(9)16-13;/h3-6,16H,1-2H3;1H. The van der Waals surface area contributed by atoms with Gasteiger partial charge in [-0.05, 0) is 35.0 Å². The van der Waals surface area contributed by atoms with Gasteiger partial charge in [-0.25, -0.2) is 0 Å². The Balaban J connectivity index is 0.00000120. The molecule has 0 aliphatic heterocycles. The molecule has 18 heavy (non-hydrogen) atoms. The highest BCUT2D eigenvalue weighted by atomic mass is 79.9. The van der Waals surface area contributed by atoms with Crippen molar-refractivity contribution in [2.75, 3.05) is 7.11 Å². The van der Waals surface area contributed by atoms with Crippen LogP contribution in [0, 0.1) is 6.92 Å². The van der Waals surface area contributed by atoms with E-state index in [0.717, 1.165) is 26.9 Å². The molecule has 2 heterocycles. The third-order valence-electron chi connectivity index (χ3n) is 2.98. The number of hydrogen-bond donors (Lipinski definition) is 1. The lowest BCUT2D eigenvalue weighted by molar-refractivity contribution is 0.413. The van der Waals surface area contributed by atoms with Crippen molar-refractivity contribution in [1.29, 1.82) is 0 Å². The molecule has 0 aliphatic rings. The molecule has 0 atom stereocenters. The molecule has 1 aromatic carbocycles. The highest BCUT2D eigenvalue weighted by Crippen LogP contribution is 2.34. The van der Waals surface area contributed by atoms with Crippen LogP contribution in [0.1, 0.15) is 5.69 Å². The van der Waals surface area contributed by atoms with Gasteiger partial charge in [-0.15, -0.1) is 17.0 Å². The molecule has 0 radical (unpaired) electrons. The topological polar surface area (TPSA) is 37.9 Å². The van der Waals surface area contributed by atoms with Gasteiger partial charge in [0.1, 0.15) is 5.75 Å². The summed E-state index contributed by atoms with van der Waals surface area (Å²) in [5.41, 5.74) is 3.16. The zero-order valence-electron chi connectivity index (χ0n) is 9.95. The van der Waals surface area contributed by atoms with Crippen molar-refractivity contribution in [3.8, 4) is 5.75 Å². The number of aromatic amines is 1. The molecule has 2 aromatic heterocycles. The lowest BCUT2D eigenvalue weighted by Gasteiger charge is -2.02. The third kappa shape index (κ3) is 1.91. The van der Waals surface area contributed by atoms with Gasteiger partial charge >= 0.3 is 0 Å². The zero-order valence-corrected chi connectivity index (χ0v) is 13.3. The molecule has 0 spiro atoms. The molecule has 5 heteroatoms. The second-order valence-electron chi connectivity index (χ2n) is 3.98. The monoisotopic (exact) mass is 370 g/mol. The highest BCUT2D eigenvalue weighted by molar-refractivity contribution is 9.10. The molecule has 0 fully saturated rings. The number of ether oxygens (including phenoxy) is 1. The number of methoxy groups -OCH3 is 1. The van der Waals surface area contributed by atoms with Crippen LogP contribution in [0.5, 0.6) is 5.75 Å². The molecule has 0 amide bonds. The van der Waals surface area contributed by atoms with E-state index in [-0.39, 0.29) is 17.0 Å². The summed E-state index contributed by atoms with van der Waals surface area (Å²) >= 11 is 3.51. The van der Waals surface area contributed by atoms with Gasteiger partial charge in [-0.3, -0.25) is 4.98 Å². The van der Waals surface area contributed by atoms with Gasteiger partial charge in [-0.1, -0.05) is 0 Å². The number of halogens is 2. The maximum atomic E-state index is 5.30. The van der Waals surface area contributed by atoms with Crippen LogP contribution in [0.25, 0.3) is 21.8 Å². The van der Waals surface area contributed by atoms with Gasteiger partial charge in [0.15, 0.2) is 0 Å². The van der Waals surface area contributed by atoms with Crippen molar-refractivity contribution >= 4 is 54.7 Å². The van der Waals surface area contributed by atoms with Gasteiger partial charge in [0.25, 0.3) is 0 Å². The fourth-order valence-corrected chi connectivity index (χ4v) is 2.62. The van der Waals surface area contributed by atoms with E-state index in [2.05, 4.69) is 32.0 Å². The summed E-state index contributed by atoms with van der Waals surface area (Å²) in [6.45, 7) is 2.00. The Morgan fingerprint density at radius 1 is 1.28 bits per heavy atom. The summed E-state index contributed by atoms with van der Waals surface area (Å²) < 4.78 is 6.26. The highest BCUT2D eigenvalue weighted by Gasteiger charge is 2.10. The normalized spacial score (nSPS) is 10.6. The Morgan fingerprint density at radius 2 is 2.06 bits per heavy atom. The van der Waals surface area contributed by atoms with E-state index in [1.165, 1.54) is 10.8 Å². The van der Waals surface area contributed by atoms with Crippen molar-refractivity contribution in [3.63, 3.8) is 0 Å². The van der Waals surface area contributed by atoms with E-state index in [4.69, 9.17) is 4.74 Å². The largest absolute Gasteiger partial charge is 0.495 e. The first-order valence-corrected chi connectivity index (χ1v) is 6.10. The fourth-order valence-electron chi connectivity index (χ4n) is 2.12. The number of fused-ring (bicyclic) bond motifs is 3. The fraction of sp³-hybridized carbons (Fsp3) is 0.154. The summed E-state index contributed by atoms with van der Waals surface area (Å²) in [5, 5.41) is 2.37. The number of benzene rings is 1. The van der Waals surface area contributed by atoms with Gasteiger partial charge < -0.3 is 9.72 Å². The predicted octanol–water partition coefficient (Wildman–Crippen LogP) is 4.37. The van der Waals surface area contributed by atoms with Crippen LogP contribution in [0.3, 0.4) is 0 Å². The van der Waals surface area contributed by atoms with Crippen LogP contribution in [0.2, 0.25) is 0 Å². The SMILES string of the molecule is Br.COc1cc2[nH]c3c(C)nccc3c2cc1Br. The molecular weight excluding hydrogens is 360 g/mol. The predicted molar refractivity (Wildman–Crippen MR) is 82.9 cm³/mol. The first-order chi connectivity index (χ1) is 8.20. The van der Waals surface area contributed by atoms with E-state index in [1.807, 2.05) is 25.3 Å². The average molecular weight is 372 g/mol. The van der Waals surface area contributed by atoms with Crippen molar-refractivity contribution < 1.29 is 4.74 Å². The van der Waals surface area contributed by atoms with E-state index in [9.17, 15) is 0 Å². The lowest BCUT2D eigenvalue weighted by Crippen LogP contribution is -1.83. The third-order valence-corrected chi connectivity index (χ3v) is 3.60. The zero-order chi connectivity index (χ0) is 12.0. The van der Waals surface area contributed by atoms with Crippen LogP contribution in [0.4, 0.5) is 0 Å². The van der Waals surface area contributed by atoms with E-state index in [1.54, 1.807) is 7.11 Å². The minimum absolute atomic E-state index is 0. The molecule has 1 N–H and O–H groups in total. The van der Waals surface area contributed by atoms with Gasteiger partial charge in [0.2, 0.25) is 0 Å². The van der Waals surface area contributed by atoms with Crippen molar-refractivity contribution in [1.82, 2.24) is 9.97 Å². The van der Waals surface area contributed by atoms with E-state index < -0.39 is 0 Å².